The molecule has 0 saturated heterocycles. The van der Waals surface area contributed by atoms with Crippen molar-refractivity contribution in [2.45, 2.75) is 5.92 Å². The second-order valence-electron chi connectivity index (χ2n) is 2.89. The second-order valence-corrected chi connectivity index (χ2v) is 3.82. The number of thiazole rings is 1. The van der Waals surface area contributed by atoms with Crippen molar-refractivity contribution in [3.63, 3.8) is 0 Å². The van der Waals surface area contributed by atoms with Gasteiger partial charge in [0, 0.05) is 11.6 Å². The average Bonchev–Trinajstić information content (AvgIpc) is 2.74. The summed E-state index contributed by atoms with van der Waals surface area (Å²) in [5, 5.41) is 2.74. The predicted molar refractivity (Wildman–Crippen MR) is 56.5 cm³/mol. The SMILES string of the molecule is O=CC(c1ccccc1)c1nccs1. The molecule has 2 aromatic rings. The Morgan fingerprint density at radius 1 is 1.29 bits per heavy atom. The van der Waals surface area contributed by atoms with Crippen molar-refractivity contribution in [3.05, 3.63) is 52.5 Å². The van der Waals surface area contributed by atoms with Crippen LogP contribution < -0.4 is 0 Å². The highest BCUT2D eigenvalue weighted by atomic mass is 32.1. The summed E-state index contributed by atoms with van der Waals surface area (Å²) in [6.07, 6.45) is 2.66. The molecule has 14 heavy (non-hydrogen) atoms. The molecule has 0 fully saturated rings. The Morgan fingerprint density at radius 3 is 2.64 bits per heavy atom. The maximum absolute atomic E-state index is 11.0. The van der Waals surface area contributed by atoms with Crippen molar-refractivity contribution >= 4 is 17.6 Å². The highest BCUT2D eigenvalue weighted by Crippen LogP contribution is 2.23. The fraction of sp³-hybridized carbons (Fsp3) is 0.0909. The van der Waals surface area contributed by atoms with Crippen LogP contribution >= 0.6 is 11.3 Å². The minimum absolute atomic E-state index is 0.212. The first-order valence-corrected chi connectivity index (χ1v) is 5.19. The van der Waals surface area contributed by atoms with Crippen LogP contribution in [0.2, 0.25) is 0 Å². The van der Waals surface area contributed by atoms with Gasteiger partial charge in [-0.05, 0) is 5.56 Å². The van der Waals surface area contributed by atoms with Crippen molar-refractivity contribution in [2.24, 2.45) is 0 Å². The number of benzene rings is 1. The van der Waals surface area contributed by atoms with Crippen LogP contribution in [-0.2, 0) is 4.79 Å². The van der Waals surface area contributed by atoms with Crippen LogP contribution in [-0.4, -0.2) is 11.3 Å². The standard InChI is InChI=1S/C11H9NOS/c13-8-10(11-12-6-7-14-11)9-4-2-1-3-5-9/h1-8,10H. The van der Waals surface area contributed by atoms with E-state index in [-0.39, 0.29) is 5.92 Å². The van der Waals surface area contributed by atoms with Gasteiger partial charge in [-0.3, -0.25) is 0 Å². The fourth-order valence-electron chi connectivity index (χ4n) is 1.33. The highest BCUT2D eigenvalue weighted by molar-refractivity contribution is 7.09. The lowest BCUT2D eigenvalue weighted by Gasteiger charge is -2.06. The molecule has 0 N–H and O–H groups in total. The molecule has 0 aliphatic heterocycles. The Labute approximate surface area is 86.2 Å². The number of rotatable bonds is 3. The topological polar surface area (TPSA) is 30.0 Å². The van der Waals surface area contributed by atoms with Gasteiger partial charge in [-0.15, -0.1) is 11.3 Å². The molecule has 1 aromatic carbocycles. The zero-order chi connectivity index (χ0) is 9.80. The molecule has 0 spiro atoms. The molecule has 0 bridgehead atoms. The fourth-order valence-corrected chi connectivity index (χ4v) is 2.05. The van der Waals surface area contributed by atoms with Gasteiger partial charge in [-0.2, -0.15) is 0 Å². The van der Waals surface area contributed by atoms with E-state index in [4.69, 9.17) is 0 Å². The molecule has 2 rings (SSSR count). The van der Waals surface area contributed by atoms with Crippen LogP contribution in [0, 0.1) is 0 Å². The highest BCUT2D eigenvalue weighted by Gasteiger charge is 2.14. The van der Waals surface area contributed by atoms with Gasteiger partial charge in [0.2, 0.25) is 0 Å². The third kappa shape index (κ3) is 1.72. The second kappa shape index (κ2) is 4.15. The number of aldehydes is 1. The van der Waals surface area contributed by atoms with Crippen molar-refractivity contribution < 1.29 is 4.79 Å². The van der Waals surface area contributed by atoms with E-state index < -0.39 is 0 Å². The maximum atomic E-state index is 11.0. The van der Waals surface area contributed by atoms with E-state index in [1.165, 1.54) is 11.3 Å². The molecule has 1 aromatic heterocycles. The molecular formula is C11H9NOS. The molecule has 0 aliphatic carbocycles. The summed E-state index contributed by atoms with van der Waals surface area (Å²) < 4.78 is 0. The third-order valence-corrected chi connectivity index (χ3v) is 2.87. The van der Waals surface area contributed by atoms with Gasteiger partial charge in [-0.1, -0.05) is 30.3 Å². The number of nitrogens with zero attached hydrogens (tertiary/aromatic N) is 1. The van der Waals surface area contributed by atoms with Crippen LogP contribution in [0.25, 0.3) is 0 Å². The van der Waals surface area contributed by atoms with E-state index in [0.29, 0.717) is 0 Å². The smallest absolute Gasteiger partial charge is 0.134 e. The molecule has 3 heteroatoms. The van der Waals surface area contributed by atoms with E-state index in [2.05, 4.69) is 4.98 Å². The zero-order valence-corrected chi connectivity index (χ0v) is 8.28. The summed E-state index contributed by atoms with van der Waals surface area (Å²) >= 11 is 1.51. The summed E-state index contributed by atoms with van der Waals surface area (Å²) in [6.45, 7) is 0. The van der Waals surface area contributed by atoms with Gasteiger partial charge < -0.3 is 4.79 Å². The van der Waals surface area contributed by atoms with Gasteiger partial charge in [0.15, 0.2) is 0 Å². The first-order chi connectivity index (χ1) is 6.92. The van der Waals surface area contributed by atoms with Crippen LogP contribution in [0.1, 0.15) is 16.5 Å². The van der Waals surface area contributed by atoms with Gasteiger partial charge in [0.25, 0.3) is 0 Å². The minimum atomic E-state index is -0.212. The summed E-state index contributed by atoms with van der Waals surface area (Å²) in [4.78, 5) is 15.1. The number of carbonyl (C=O) groups excluding carboxylic acids is 1. The maximum Gasteiger partial charge on any atom is 0.134 e. The Kier molecular flexibility index (Phi) is 2.70. The molecular weight excluding hydrogens is 194 g/mol. The molecule has 0 aliphatic rings. The van der Waals surface area contributed by atoms with Crippen LogP contribution in [0.4, 0.5) is 0 Å². The Hall–Kier alpha value is -1.48. The Balaban J connectivity index is 2.36. The number of hydrogen-bond donors (Lipinski definition) is 0. The van der Waals surface area contributed by atoms with Crippen LogP contribution in [0.5, 0.6) is 0 Å². The van der Waals surface area contributed by atoms with Crippen molar-refractivity contribution in [2.75, 3.05) is 0 Å². The third-order valence-electron chi connectivity index (χ3n) is 2.01. The normalized spacial score (nSPS) is 12.3. The quantitative estimate of drug-likeness (QED) is 0.717. The summed E-state index contributed by atoms with van der Waals surface area (Å²) in [6, 6.07) is 9.69. The first kappa shape index (κ1) is 9.09. The van der Waals surface area contributed by atoms with Gasteiger partial charge >= 0.3 is 0 Å². The van der Waals surface area contributed by atoms with E-state index in [1.807, 2.05) is 35.7 Å². The summed E-state index contributed by atoms with van der Waals surface area (Å²) in [5.74, 6) is -0.212. The minimum Gasteiger partial charge on any atom is -0.302 e. The van der Waals surface area contributed by atoms with E-state index >= 15 is 0 Å². The first-order valence-electron chi connectivity index (χ1n) is 4.31. The van der Waals surface area contributed by atoms with Gasteiger partial charge in [0.1, 0.15) is 11.3 Å². The largest absolute Gasteiger partial charge is 0.302 e. The predicted octanol–water partition coefficient (Wildman–Crippen LogP) is 2.47. The molecule has 2 nitrogen and oxygen atoms in total. The van der Waals surface area contributed by atoms with Crippen molar-refractivity contribution in [3.8, 4) is 0 Å². The summed E-state index contributed by atoms with van der Waals surface area (Å²) in [5.41, 5.74) is 0.998. The average molecular weight is 203 g/mol. The number of carbonyl (C=O) groups is 1. The number of hydrogen-bond acceptors (Lipinski definition) is 3. The zero-order valence-electron chi connectivity index (χ0n) is 7.46. The lowest BCUT2D eigenvalue weighted by molar-refractivity contribution is -0.108. The lowest BCUT2D eigenvalue weighted by atomic mass is 10.0. The van der Waals surface area contributed by atoms with Crippen LogP contribution in [0.3, 0.4) is 0 Å². The van der Waals surface area contributed by atoms with Gasteiger partial charge in [-0.25, -0.2) is 4.98 Å². The van der Waals surface area contributed by atoms with Crippen LogP contribution in [0.15, 0.2) is 41.9 Å². The van der Waals surface area contributed by atoms with Crippen molar-refractivity contribution in [1.82, 2.24) is 4.98 Å². The lowest BCUT2D eigenvalue weighted by Crippen LogP contribution is -2.01. The molecule has 70 valence electrons. The Bertz CT molecular complexity index is 396. The van der Waals surface area contributed by atoms with E-state index in [0.717, 1.165) is 16.9 Å². The van der Waals surface area contributed by atoms with Gasteiger partial charge in [0.05, 0.1) is 5.92 Å². The molecule has 1 unspecified atom stereocenters. The molecule has 1 atom stereocenters. The van der Waals surface area contributed by atoms with Crippen molar-refractivity contribution in [1.29, 1.82) is 0 Å². The summed E-state index contributed by atoms with van der Waals surface area (Å²) in [7, 11) is 0. The van der Waals surface area contributed by atoms with E-state index in [1.54, 1.807) is 6.20 Å². The molecule has 1 heterocycles. The van der Waals surface area contributed by atoms with E-state index in [9.17, 15) is 4.79 Å². The molecule has 0 radical (unpaired) electrons. The number of aromatic nitrogens is 1. The molecule has 0 saturated carbocycles. The molecule has 0 amide bonds. The monoisotopic (exact) mass is 203 g/mol. The Morgan fingerprint density at radius 2 is 2.07 bits per heavy atom.